The molecule has 0 unspecified atom stereocenters. The van der Waals surface area contributed by atoms with Crippen LogP contribution in [-0.4, -0.2) is 58.8 Å². The summed E-state index contributed by atoms with van der Waals surface area (Å²) in [6, 6.07) is 0. The van der Waals surface area contributed by atoms with Gasteiger partial charge in [-0.3, -0.25) is 4.79 Å². The van der Waals surface area contributed by atoms with Crippen molar-refractivity contribution < 1.29 is 26.6 Å². The van der Waals surface area contributed by atoms with Crippen LogP contribution in [-0.2, 0) is 11.8 Å². The van der Waals surface area contributed by atoms with E-state index in [1.54, 1.807) is 0 Å². The molecule has 0 aliphatic rings. The van der Waals surface area contributed by atoms with Crippen LogP contribution in [0.4, 0.5) is 5.95 Å². The predicted molar refractivity (Wildman–Crippen MR) is 68.5 cm³/mol. The number of carbonyl (C=O) groups excluding carboxylic acids is 1. The number of nitro groups is 1. The van der Waals surface area contributed by atoms with E-state index in [-0.39, 0.29) is 30.8 Å². The lowest BCUT2D eigenvalue weighted by Crippen LogP contribution is -3.00. The van der Waals surface area contributed by atoms with E-state index in [1.165, 1.54) is 24.0 Å². The average molecular weight is 305 g/mol. The highest BCUT2D eigenvalue weighted by atomic mass is 35.5. The number of hydrogen-bond donors (Lipinski definition) is 1. The summed E-state index contributed by atoms with van der Waals surface area (Å²) in [5.41, 5.74) is 2.79. The molecule has 0 aliphatic carbocycles. The maximum atomic E-state index is 11.5. The Kier molecular flexibility index (Phi) is 6.27. The molecule has 1 aromatic rings. The molecule has 0 bridgehead atoms. The van der Waals surface area contributed by atoms with E-state index in [1.807, 2.05) is 21.1 Å². The van der Waals surface area contributed by atoms with Crippen LogP contribution in [0, 0.1) is 10.1 Å². The Labute approximate surface area is 122 Å². The lowest BCUT2D eigenvalue weighted by Gasteiger charge is -2.21. The standard InChI is InChI=1S/C10H16N6O3.ClH/c1-14-8(5-11-10(14)15(18)19)6-12-13-9(17)7-16(2,3)4;/h5-6H,7H2,1-4H3;1H. The second kappa shape index (κ2) is 6.96. The molecule has 1 N–H and O–H groups in total. The highest BCUT2D eigenvalue weighted by Crippen LogP contribution is 2.08. The minimum absolute atomic E-state index is 0. The molecule has 1 aromatic heterocycles. The Balaban J connectivity index is 0.00000361. The zero-order valence-corrected chi connectivity index (χ0v) is 12.5. The van der Waals surface area contributed by atoms with E-state index in [0.29, 0.717) is 10.2 Å². The van der Waals surface area contributed by atoms with E-state index >= 15 is 0 Å². The van der Waals surface area contributed by atoms with E-state index in [4.69, 9.17) is 0 Å². The van der Waals surface area contributed by atoms with Gasteiger partial charge >= 0.3 is 5.95 Å². The summed E-state index contributed by atoms with van der Waals surface area (Å²) in [4.78, 5) is 25.1. The summed E-state index contributed by atoms with van der Waals surface area (Å²) in [7, 11) is 7.15. The van der Waals surface area contributed by atoms with Crippen LogP contribution in [0.1, 0.15) is 5.69 Å². The number of rotatable bonds is 5. The minimum atomic E-state index is -0.590. The second-order valence-corrected chi connectivity index (χ2v) is 5.04. The molecule has 9 nitrogen and oxygen atoms in total. The predicted octanol–water partition coefficient (Wildman–Crippen LogP) is -3.51. The van der Waals surface area contributed by atoms with Crippen molar-refractivity contribution in [2.45, 2.75) is 0 Å². The SMILES string of the molecule is Cn1c(C=NNC(=O)C[N+](C)(C)C)cnc1[N+](=O)[O-].[Cl-]. The summed E-state index contributed by atoms with van der Waals surface area (Å²) in [5.74, 6) is -0.514. The first-order chi connectivity index (χ1) is 8.70. The van der Waals surface area contributed by atoms with Crippen molar-refractivity contribution in [2.75, 3.05) is 27.7 Å². The van der Waals surface area contributed by atoms with E-state index < -0.39 is 4.92 Å². The van der Waals surface area contributed by atoms with Gasteiger partial charge in [0, 0.05) is 0 Å². The Morgan fingerprint density at radius 1 is 1.60 bits per heavy atom. The average Bonchev–Trinajstić information content (AvgIpc) is 2.57. The number of likely N-dealkylation sites (N-methyl/N-ethyl adjacent to an activating group) is 1. The molecule has 20 heavy (non-hydrogen) atoms. The number of amides is 1. The van der Waals surface area contributed by atoms with Gasteiger partial charge in [0.15, 0.2) is 12.2 Å². The van der Waals surface area contributed by atoms with Crippen LogP contribution in [0.25, 0.3) is 0 Å². The van der Waals surface area contributed by atoms with Crippen LogP contribution in [0.15, 0.2) is 11.3 Å². The summed E-state index contributed by atoms with van der Waals surface area (Å²) >= 11 is 0. The fraction of sp³-hybridized carbons (Fsp3) is 0.500. The van der Waals surface area contributed by atoms with Gasteiger partial charge in [-0.1, -0.05) is 4.98 Å². The molecular weight excluding hydrogens is 288 g/mol. The van der Waals surface area contributed by atoms with Gasteiger partial charge < -0.3 is 27.0 Å². The van der Waals surface area contributed by atoms with Crippen molar-refractivity contribution in [2.24, 2.45) is 12.1 Å². The topological polar surface area (TPSA) is 102 Å². The Morgan fingerprint density at radius 3 is 2.65 bits per heavy atom. The van der Waals surface area contributed by atoms with Crippen LogP contribution in [0.3, 0.4) is 0 Å². The van der Waals surface area contributed by atoms with Crippen LogP contribution < -0.4 is 17.8 Å². The van der Waals surface area contributed by atoms with Crippen molar-refractivity contribution in [3.05, 3.63) is 22.0 Å². The fourth-order valence-electron chi connectivity index (χ4n) is 1.34. The highest BCUT2D eigenvalue weighted by Gasteiger charge is 2.16. The second-order valence-electron chi connectivity index (χ2n) is 5.04. The van der Waals surface area contributed by atoms with Crippen molar-refractivity contribution >= 4 is 18.1 Å². The summed E-state index contributed by atoms with van der Waals surface area (Å²) in [6.07, 6.45) is 2.63. The Bertz CT molecular complexity index is 520. The maximum Gasteiger partial charge on any atom is 0.434 e. The number of halogens is 1. The summed E-state index contributed by atoms with van der Waals surface area (Å²) < 4.78 is 1.76. The number of quaternary nitrogens is 1. The number of hydrazone groups is 1. The molecule has 0 atom stereocenters. The first kappa shape index (κ1) is 18.0. The number of carbonyl (C=O) groups is 1. The number of nitrogens with one attached hydrogen (secondary N) is 1. The quantitative estimate of drug-likeness (QED) is 0.264. The van der Waals surface area contributed by atoms with E-state index in [9.17, 15) is 14.9 Å². The molecule has 0 saturated carbocycles. The smallest absolute Gasteiger partial charge is 0.434 e. The van der Waals surface area contributed by atoms with Gasteiger partial charge in [0.25, 0.3) is 5.91 Å². The molecule has 0 fully saturated rings. The summed E-state index contributed by atoms with van der Waals surface area (Å²) in [5, 5.41) is 14.3. The molecule has 0 radical (unpaired) electrons. The van der Waals surface area contributed by atoms with Gasteiger partial charge in [0.1, 0.15) is 6.20 Å². The van der Waals surface area contributed by atoms with Crippen molar-refractivity contribution in [3.8, 4) is 0 Å². The van der Waals surface area contributed by atoms with Crippen LogP contribution >= 0.6 is 0 Å². The van der Waals surface area contributed by atoms with Crippen LogP contribution in [0.5, 0.6) is 0 Å². The molecule has 0 spiro atoms. The normalized spacial score (nSPS) is 11.2. The van der Waals surface area contributed by atoms with Gasteiger partial charge in [-0.05, 0) is 4.92 Å². The first-order valence-corrected chi connectivity index (χ1v) is 5.49. The third-order valence-corrected chi connectivity index (χ3v) is 2.17. The van der Waals surface area contributed by atoms with E-state index in [0.717, 1.165) is 0 Å². The van der Waals surface area contributed by atoms with Crippen LogP contribution in [0.2, 0.25) is 0 Å². The molecule has 0 aromatic carbocycles. The number of hydrogen-bond acceptors (Lipinski definition) is 5. The molecule has 1 amide bonds. The molecule has 0 saturated heterocycles. The molecule has 10 heteroatoms. The first-order valence-electron chi connectivity index (χ1n) is 5.49. The molecule has 1 heterocycles. The van der Waals surface area contributed by atoms with Crippen molar-refractivity contribution in [1.82, 2.24) is 15.0 Å². The van der Waals surface area contributed by atoms with E-state index in [2.05, 4.69) is 15.5 Å². The van der Waals surface area contributed by atoms with Gasteiger partial charge in [-0.2, -0.15) is 5.10 Å². The molecule has 112 valence electrons. The Hall–Kier alpha value is -2.00. The monoisotopic (exact) mass is 304 g/mol. The maximum absolute atomic E-state index is 11.5. The zero-order chi connectivity index (χ0) is 14.6. The van der Waals surface area contributed by atoms with Gasteiger partial charge in [-0.15, -0.1) is 0 Å². The molecular formula is C10H17ClN6O3. The number of imidazole rings is 1. The minimum Gasteiger partial charge on any atom is -1.00 e. The largest absolute Gasteiger partial charge is 1.00 e. The lowest BCUT2D eigenvalue weighted by atomic mass is 10.5. The number of nitrogens with zero attached hydrogens (tertiary/aromatic N) is 5. The lowest BCUT2D eigenvalue weighted by molar-refractivity contribution is -0.862. The van der Waals surface area contributed by atoms with Gasteiger partial charge in [-0.25, -0.2) is 9.99 Å². The van der Waals surface area contributed by atoms with Crippen molar-refractivity contribution in [1.29, 1.82) is 0 Å². The zero-order valence-electron chi connectivity index (χ0n) is 11.7. The Morgan fingerprint density at radius 2 is 2.20 bits per heavy atom. The van der Waals surface area contributed by atoms with Crippen molar-refractivity contribution in [3.63, 3.8) is 0 Å². The third kappa shape index (κ3) is 5.33. The number of aromatic nitrogens is 2. The highest BCUT2D eigenvalue weighted by molar-refractivity contribution is 5.81. The molecule has 0 aliphatic heterocycles. The van der Waals surface area contributed by atoms with Gasteiger partial charge in [0.2, 0.25) is 0 Å². The fourth-order valence-corrected chi connectivity index (χ4v) is 1.34. The molecule has 1 rings (SSSR count). The third-order valence-electron chi connectivity index (χ3n) is 2.17. The summed E-state index contributed by atoms with van der Waals surface area (Å²) in [6.45, 7) is 0.281. The van der Waals surface area contributed by atoms with Gasteiger partial charge in [0.05, 0.1) is 34.4 Å².